The van der Waals surface area contributed by atoms with E-state index >= 15 is 0 Å². The number of carbonyl (C=O) groups excluding carboxylic acids is 1. The molecule has 1 heterocycles. The Morgan fingerprint density at radius 3 is 2.71 bits per heavy atom. The fourth-order valence-electron chi connectivity index (χ4n) is 1.60. The molecule has 0 saturated heterocycles. The molecule has 0 saturated carbocycles. The highest BCUT2D eigenvalue weighted by Gasteiger charge is 2.13. The SMILES string of the molecule is Cc1cc(NC(=O)CCNc2ccc(F)c(F)c2F)no1. The summed E-state index contributed by atoms with van der Waals surface area (Å²) >= 11 is 0. The molecule has 2 aromatic rings. The van der Waals surface area contributed by atoms with Gasteiger partial charge < -0.3 is 15.2 Å². The summed E-state index contributed by atoms with van der Waals surface area (Å²) in [5.74, 6) is -3.69. The molecule has 0 fully saturated rings. The number of halogens is 3. The van der Waals surface area contributed by atoms with Crippen LogP contribution in [0.4, 0.5) is 24.7 Å². The molecule has 0 aliphatic carbocycles. The summed E-state index contributed by atoms with van der Waals surface area (Å²) in [5, 5.41) is 8.57. The van der Waals surface area contributed by atoms with E-state index in [4.69, 9.17) is 4.52 Å². The smallest absolute Gasteiger partial charge is 0.227 e. The first kappa shape index (κ1) is 14.9. The van der Waals surface area contributed by atoms with Crippen LogP contribution < -0.4 is 10.6 Å². The van der Waals surface area contributed by atoms with Crippen LogP contribution in [0.25, 0.3) is 0 Å². The number of anilines is 2. The molecule has 1 aromatic carbocycles. The number of aryl methyl sites for hydroxylation is 1. The van der Waals surface area contributed by atoms with Crippen LogP contribution in [0.2, 0.25) is 0 Å². The van der Waals surface area contributed by atoms with Crippen LogP contribution in [-0.4, -0.2) is 17.6 Å². The van der Waals surface area contributed by atoms with Gasteiger partial charge >= 0.3 is 0 Å². The van der Waals surface area contributed by atoms with Crippen molar-refractivity contribution in [1.82, 2.24) is 5.16 Å². The average molecular weight is 299 g/mol. The number of carbonyl (C=O) groups is 1. The number of benzene rings is 1. The second-order valence-corrected chi connectivity index (χ2v) is 4.27. The van der Waals surface area contributed by atoms with E-state index in [9.17, 15) is 18.0 Å². The Morgan fingerprint density at radius 2 is 2.05 bits per heavy atom. The molecule has 1 aromatic heterocycles. The van der Waals surface area contributed by atoms with Crippen LogP contribution in [0.5, 0.6) is 0 Å². The Morgan fingerprint density at radius 1 is 1.29 bits per heavy atom. The van der Waals surface area contributed by atoms with Gasteiger partial charge in [-0.3, -0.25) is 4.79 Å². The lowest BCUT2D eigenvalue weighted by atomic mass is 10.2. The third-order valence-electron chi connectivity index (χ3n) is 2.60. The largest absolute Gasteiger partial charge is 0.382 e. The third kappa shape index (κ3) is 3.74. The van der Waals surface area contributed by atoms with Gasteiger partial charge in [-0.2, -0.15) is 0 Å². The van der Waals surface area contributed by atoms with E-state index < -0.39 is 17.5 Å². The van der Waals surface area contributed by atoms with E-state index in [1.807, 2.05) is 0 Å². The van der Waals surface area contributed by atoms with Crippen LogP contribution >= 0.6 is 0 Å². The summed E-state index contributed by atoms with van der Waals surface area (Å²) in [6.45, 7) is 1.72. The summed E-state index contributed by atoms with van der Waals surface area (Å²) in [6, 6.07) is 3.41. The van der Waals surface area contributed by atoms with E-state index in [2.05, 4.69) is 15.8 Å². The van der Waals surface area contributed by atoms with Crippen molar-refractivity contribution in [3.63, 3.8) is 0 Å². The molecule has 8 heteroatoms. The van der Waals surface area contributed by atoms with Crippen LogP contribution in [0, 0.1) is 24.4 Å². The maximum atomic E-state index is 13.3. The fraction of sp³-hybridized carbons (Fsp3) is 0.231. The standard InChI is InChI=1S/C13H12F3N3O2/c1-7-6-10(19-21-7)18-11(20)4-5-17-9-3-2-8(14)12(15)13(9)16/h2-3,6,17H,4-5H2,1H3,(H,18,19,20). The molecule has 1 amide bonds. The lowest BCUT2D eigenvalue weighted by Gasteiger charge is -2.08. The first-order chi connectivity index (χ1) is 9.97. The van der Waals surface area contributed by atoms with Gasteiger partial charge in [0.05, 0.1) is 5.69 Å². The van der Waals surface area contributed by atoms with Crippen LogP contribution in [-0.2, 0) is 4.79 Å². The van der Waals surface area contributed by atoms with E-state index in [0.717, 1.165) is 12.1 Å². The summed E-state index contributed by atoms with van der Waals surface area (Å²) in [4.78, 5) is 11.6. The Bertz CT molecular complexity index is 658. The normalized spacial score (nSPS) is 10.5. The molecular formula is C13H12F3N3O2. The monoisotopic (exact) mass is 299 g/mol. The number of hydrogen-bond donors (Lipinski definition) is 2. The number of aromatic nitrogens is 1. The van der Waals surface area contributed by atoms with Gasteiger partial charge in [0.2, 0.25) is 5.91 Å². The molecule has 0 radical (unpaired) electrons. The van der Waals surface area contributed by atoms with Gasteiger partial charge in [0.15, 0.2) is 23.3 Å². The molecule has 0 spiro atoms. The molecule has 0 bridgehead atoms. The minimum Gasteiger partial charge on any atom is -0.382 e. The molecule has 0 aliphatic rings. The van der Waals surface area contributed by atoms with Crippen LogP contribution in [0.3, 0.4) is 0 Å². The first-order valence-corrected chi connectivity index (χ1v) is 6.08. The second-order valence-electron chi connectivity index (χ2n) is 4.27. The number of hydrogen-bond acceptors (Lipinski definition) is 4. The van der Waals surface area contributed by atoms with Crippen molar-refractivity contribution in [1.29, 1.82) is 0 Å². The van der Waals surface area contributed by atoms with E-state index in [0.29, 0.717) is 5.76 Å². The number of rotatable bonds is 5. The Balaban J connectivity index is 1.84. The zero-order valence-electron chi connectivity index (χ0n) is 11.0. The molecule has 5 nitrogen and oxygen atoms in total. The highest BCUT2D eigenvalue weighted by Crippen LogP contribution is 2.19. The van der Waals surface area contributed by atoms with Crippen molar-refractivity contribution in [2.45, 2.75) is 13.3 Å². The molecule has 0 unspecified atom stereocenters. The molecule has 2 N–H and O–H groups in total. The summed E-state index contributed by atoms with van der Waals surface area (Å²) < 4.78 is 43.8. The van der Waals surface area contributed by atoms with Crippen LogP contribution in [0.15, 0.2) is 22.7 Å². The number of amides is 1. The molecule has 0 atom stereocenters. The lowest BCUT2D eigenvalue weighted by Crippen LogP contribution is -2.17. The first-order valence-electron chi connectivity index (χ1n) is 6.08. The Labute approximate surface area is 118 Å². The average Bonchev–Trinajstić information content (AvgIpc) is 2.84. The second kappa shape index (κ2) is 6.29. The summed E-state index contributed by atoms with van der Waals surface area (Å²) in [5.41, 5.74) is -0.209. The van der Waals surface area contributed by atoms with Crippen LogP contribution in [0.1, 0.15) is 12.2 Å². The molecule has 2 rings (SSSR count). The van der Waals surface area contributed by atoms with Crippen molar-refractivity contribution in [2.24, 2.45) is 0 Å². The summed E-state index contributed by atoms with van der Waals surface area (Å²) in [7, 11) is 0. The molecular weight excluding hydrogens is 287 g/mol. The Hall–Kier alpha value is -2.51. The van der Waals surface area contributed by atoms with E-state index in [1.54, 1.807) is 13.0 Å². The zero-order valence-corrected chi connectivity index (χ0v) is 11.0. The molecule has 112 valence electrons. The van der Waals surface area contributed by atoms with Crippen molar-refractivity contribution in [3.05, 3.63) is 41.4 Å². The molecule has 0 aliphatic heterocycles. The van der Waals surface area contributed by atoms with Crippen molar-refractivity contribution < 1.29 is 22.5 Å². The van der Waals surface area contributed by atoms with Gasteiger partial charge in [-0.05, 0) is 19.1 Å². The summed E-state index contributed by atoms with van der Waals surface area (Å²) in [6.07, 6.45) is -0.00958. The topological polar surface area (TPSA) is 67.2 Å². The minimum atomic E-state index is -1.55. The highest BCUT2D eigenvalue weighted by molar-refractivity contribution is 5.89. The quantitative estimate of drug-likeness (QED) is 0.833. The predicted octanol–water partition coefficient (Wildman–Crippen LogP) is 2.84. The predicted molar refractivity (Wildman–Crippen MR) is 69.3 cm³/mol. The van der Waals surface area contributed by atoms with Gasteiger partial charge in [-0.1, -0.05) is 5.16 Å². The van der Waals surface area contributed by atoms with E-state index in [1.165, 1.54) is 0 Å². The van der Waals surface area contributed by atoms with Gasteiger partial charge in [0.25, 0.3) is 0 Å². The fourth-order valence-corrected chi connectivity index (χ4v) is 1.60. The molecule has 21 heavy (non-hydrogen) atoms. The Kier molecular flexibility index (Phi) is 4.46. The lowest BCUT2D eigenvalue weighted by molar-refractivity contribution is -0.116. The maximum absolute atomic E-state index is 13.3. The van der Waals surface area contributed by atoms with Gasteiger partial charge in [-0.25, -0.2) is 13.2 Å². The van der Waals surface area contributed by atoms with Crippen molar-refractivity contribution >= 4 is 17.4 Å². The number of nitrogens with one attached hydrogen (secondary N) is 2. The van der Waals surface area contributed by atoms with Crippen molar-refractivity contribution in [3.8, 4) is 0 Å². The minimum absolute atomic E-state index is 0.00958. The highest BCUT2D eigenvalue weighted by atomic mass is 19.2. The number of nitrogens with zero attached hydrogens (tertiary/aromatic N) is 1. The van der Waals surface area contributed by atoms with Gasteiger partial charge in [0.1, 0.15) is 5.76 Å². The van der Waals surface area contributed by atoms with Gasteiger partial charge in [0, 0.05) is 19.0 Å². The maximum Gasteiger partial charge on any atom is 0.227 e. The van der Waals surface area contributed by atoms with Gasteiger partial charge in [-0.15, -0.1) is 0 Å². The van der Waals surface area contributed by atoms with Crippen molar-refractivity contribution in [2.75, 3.05) is 17.2 Å². The third-order valence-corrected chi connectivity index (χ3v) is 2.60. The zero-order chi connectivity index (χ0) is 15.4. The van der Waals surface area contributed by atoms with E-state index in [-0.39, 0.29) is 30.4 Å².